The summed E-state index contributed by atoms with van der Waals surface area (Å²) < 4.78 is 28.5. The number of benzene rings is 2. The summed E-state index contributed by atoms with van der Waals surface area (Å²) in [5.41, 5.74) is 1.21. The fraction of sp³-hybridized carbons (Fsp3) is 0.368. The van der Waals surface area contributed by atoms with Crippen molar-refractivity contribution in [3.8, 4) is 0 Å². The summed E-state index contributed by atoms with van der Waals surface area (Å²) in [5.74, 6) is -0.818. The fourth-order valence-electron chi connectivity index (χ4n) is 2.76. The maximum atomic E-state index is 14.3. The number of nitrogens with one attached hydrogen (secondary N) is 1. The number of hydrogen-bond acceptors (Lipinski definition) is 2. The van der Waals surface area contributed by atoms with Crippen LogP contribution in [-0.2, 0) is 0 Å². The van der Waals surface area contributed by atoms with Crippen molar-refractivity contribution < 1.29 is 13.9 Å². The van der Waals surface area contributed by atoms with Gasteiger partial charge in [0.15, 0.2) is 0 Å². The van der Waals surface area contributed by atoms with Crippen molar-refractivity contribution in [3.63, 3.8) is 0 Å². The topological polar surface area (TPSA) is 32.3 Å². The molecule has 0 radical (unpaired) electrons. The molecule has 0 aromatic heterocycles. The van der Waals surface area contributed by atoms with Crippen LogP contribution in [0.1, 0.15) is 37.4 Å². The number of halogens is 3. The molecule has 2 aromatic rings. The van der Waals surface area contributed by atoms with Gasteiger partial charge in [-0.3, -0.25) is 0 Å². The summed E-state index contributed by atoms with van der Waals surface area (Å²) in [4.78, 5) is 0. The van der Waals surface area contributed by atoms with Gasteiger partial charge in [-0.2, -0.15) is 0 Å². The second kappa shape index (κ2) is 8.70. The summed E-state index contributed by atoms with van der Waals surface area (Å²) >= 11 is 3.39. The van der Waals surface area contributed by atoms with Crippen LogP contribution in [0.2, 0.25) is 0 Å². The third-order valence-electron chi connectivity index (χ3n) is 3.86. The van der Waals surface area contributed by atoms with Gasteiger partial charge in [0, 0.05) is 22.1 Å². The molecule has 0 fully saturated rings. The van der Waals surface area contributed by atoms with Crippen LogP contribution in [-0.4, -0.2) is 17.8 Å². The fourth-order valence-corrected chi connectivity index (χ4v) is 3.02. The largest absolute Gasteiger partial charge is 0.395 e. The van der Waals surface area contributed by atoms with Gasteiger partial charge in [-0.15, -0.1) is 0 Å². The van der Waals surface area contributed by atoms with Gasteiger partial charge in [0.05, 0.1) is 12.6 Å². The Morgan fingerprint density at radius 1 is 1.08 bits per heavy atom. The van der Waals surface area contributed by atoms with E-state index in [1.165, 1.54) is 12.1 Å². The van der Waals surface area contributed by atoms with Crippen LogP contribution >= 0.6 is 15.9 Å². The van der Waals surface area contributed by atoms with E-state index < -0.39 is 17.7 Å². The van der Waals surface area contributed by atoms with Gasteiger partial charge in [-0.1, -0.05) is 48.0 Å². The minimum Gasteiger partial charge on any atom is -0.395 e. The minimum absolute atomic E-state index is 0.0476. The van der Waals surface area contributed by atoms with Crippen LogP contribution in [0.3, 0.4) is 0 Å². The van der Waals surface area contributed by atoms with E-state index >= 15 is 0 Å². The van der Waals surface area contributed by atoms with Gasteiger partial charge < -0.3 is 10.4 Å². The highest BCUT2D eigenvalue weighted by molar-refractivity contribution is 9.10. The summed E-state index contributed by atoms with van der Waals surface area (Å²) in [5, 5.41) is 13.0. The van der Waals surface area contributed by atoms with Crippen LogP contribution < -0.4 is 5.32 Å². The molecular weight excluding hydrogens is 376 g/mol. The first kappa shape index (κ1) is 19.0. The SMILES string of the molecule is CC(C)CC(CO)NC(c1ccc(Br)cc1)c1ccc(F)cc1F. The van der Waals surface area contributed by atoms with Gasteiger partial charge in [-0.05, 0) is 36.1 Å². The minimum atomic E-state index is -0.605. The molecule has 0 aliphatic heterocycles. The zero-order valence-corrected chi connectivity index (χ0v) is 15.4. The number of rotatable bonds is 7. The maximum Gasteiger partial charge on any atom is 0.131 e. The van der Waals surface area contributed by atoms with Crippen LogP contribution in [0.4, 0.5) is 8.78 Å². The molecule has 0 saturated carbocycles. The van der Waals surface area contributed by atoms with Crippen LogP contribution in [0.15, 0.2) is 46.9 Å². The molecule has 0 bridgehead atoms. The maximum absolute atomic E-state index is 14.3. The van der Waals surface area contributed by atoms with Gasteiger partial charge in [0.2, 0.25) is 0 Å². The molecule has 2 N–H and O–H groups in total. The van der Waals surface area contributed by atoms with Crippen LogP contribution in [0.25, 0.3) is 0 Å². The summed E-state index contributed by atoms with van der Waals surface area (Å²) in [6.07, 6.45) is 0.756. The standard InChI is InChI=1S/C19H22BrF2NO/c1-12(2)9-16(11-24)23-19(13-3-5-14(20)6-4-13)17-8-7-15(21)10-18(17)22/h3-8,10,12,16,19,23-24H,9,11H2,1-2H3. The Kier molecular flexibility index (Phi) is 6.90. The zero-order valence-electron chi connectivity index (χ0n) is 13.8. The molecule has 0 heterocycles. The summed E-state index contributed by atoms with van der Waals surface area (Å²) in [6, 6.07) is 10.5. The number of hydrogen-bond donors (Lipinski definition) is 2. The highest BCUT2D eigenvalue weighted by atomic mass is 79.9. The third-order valence-corrected chi connectivity index (χ3v) is 4.38. The molecule has 0 aliphatic carbocycles. The number of aliphatic hydroxyl groups excluding tert-OH is 1. The Balaban J connectivity index is 2.38. The van der Waals surface area contributed by atoms with Gasteiger partial charge >= 0.3 is 0 Å². The Morgan fingerprint density at radius 2 is 1.75 bits per heavy atom. The summed E-state index contributed by atoms with van der Waals surface area (Å²) in [7, 11) is 0. The van der Waals surface area contributed by atoms with Gasteiger partial charge in [0.25, 0.3) is 0 Å². The van der Waals surface area contributed by atoms with Crippen LogP contribution in [0.5, 0.6) is 0 Å². The predicted molar refractivity (Wildman–Crippen MR) is 95.8 cm³/mol. The van der Waals surface area contributed by atoms with E-state index in [1.54, 1.807) is 0 Å². The monoisotopic (exact) mass is 397 g/mol. The molecule has 0 aliphatic rings. The van der Waals surface area contributed by atoms with Gasteiger partial charge in [-0.25, -0.2) is 8.78 Å². The van der Waals surface area contributed by atoms with Crippen molar-refractivity contribution in [2.75, 3.05) is 6.61 Å². The molecule has 2 unspecified atom stereocenters. The molecule has 0 spiro atoms. The van der Waals surface area contributed by atoms with E-state index in [0.29, 0.717) is 11.5 Å². The first-order valence-electron chi connectivity index (χ1n) is 7.98. The van der Waals surface area contributed by atoms with E-state index in [0.717, 1.165) is 22.5 Å². The molecular formula is C19H22BrF2NO. The van der Waals surface area contributed by atoms with E-state index in [9.17, 15) is 13.9 Å². The average molecular weight is 398 g/mol. The lowest BCUT2D eigenvalue weighted by Crippen LogP contribution is -2.37. The molecule has 5 heteroatoms. The lowest BCUT2D eigenvalue weighted by molar-refractivity contribution is 0.217. The quantitative estimate of drug-likeness (QED) is 0.702. The van der Waals surface area contributed by atoms with Crippen molar-refractivity contribution in [2.45, 2.75) is 32.4 Å². The first-order valence-corrected chi connectivity index (χ1v) is 8.77. The highest BCUT2D eigenvalue weighted by Gasteiger charge is 2.22. The Hall–Kier alpha value is -1.30. The lowest BCUT2D eigenvalue weighted by Gasteiger charge is -2.27. The van der Waals surface area contributed by atoms with Crippen molar-refractivity contribution in [3.05, 3.63) is 69.7 Å². The average Bonchev–Trinajstić information content (AvgIpc) is 2.52. The highest BCUT2D eigenvalue weighted by Crippen LogP contribution is 2.27. The van der Waals surface area contributed by atoms with E-state index in [4.69, 9.17) is 0 Å². The molecule has 2 nitrogen and oxygen atoms in total. The Bertz CT molecular complexity index is 661. The molecule has 24 heavy (non-hydrogen) atoms. The predicted octanol–water partition coefficient (Wildman–Crippen LogP) is 4.81. The molecule has 0 amide bonds. The van der Waals surface area contributed by atoms with Crippen molar-refractivity contribution in [2.24, 2.45) is 5.92 Å². The third kappa shape index (κ3) is 5.10. The molecule has 130 valence electrons. The second-order valence-corrected chi connectivity index (χ2v) is 7.24. The normalized spacial score (nSPS) is 14.0. The Morgan fingerprint density at radius 3 is 2.29 bits per heavy atom. The van der Waals surface area contributed by atoms with Crippen molar-refractivity contribution >= 4 is 15.9 Å². The van der Waals surface area contributed by atoms with Crippen molar-refractivity contribution in [1.29, 1.82) is 0 Å². The van der Waals surface area contributed by atoms with E-state index in [2.05, 4.69) is 35.1 Å². The Labute approximate surface area is 150 Å². The van der Waals surface area contributed by atoms with E-state index in [1.807, 2.05) is 24.3 Å². The molecule has 2 aromatic carbocycles. The zero-order chi connectivity index (χ0) is 17.7. The number of aliphatic hydroxyl groups is 1. The molecule has 0 saturated heterocycles. The van der Waals surface area contributed by atoms with Gasteiger partial charge in [0.1, 0.15) is 11.6 Å². The molecule has 2 rings (SSSR count). The first-order chi connectivity index (χ1) is 11.4. The van der Waals surface area contributed by atoms with E-state index in [-0.39, 0.29) is 12.6 Å². The summed E-state index contributed by atoms with van der Waals surface area (Å²) in [6.45, 7) is 4.09. The second-order valence-electron chi connectivity index (χ2n) is 6.33. The van der Waals surface area contributed by atoms with Crippen LogP contribution in [0, 0.1) is 17.6 Å². The molecule has 2 atom stereocenters. The smallest absolute Gasteiger partial charge is 0.131 e. The lowest BCUT2D eigenvalue weighted by atomic mass is 9.95. The van der Waals surface area contributed by atoms with Crippen molar-refractivity contribution in [1.82, 2.24) is 5.32 Å².